The molecule has 1 unspecified atom stereocenters. The van der Waals surface area contributed by atoms with Gasteiger partial charge in [-0.1, -0.05) is 78.6 Å². The molecule has 0 aliphatic heterocycles. The van der Waals surface area contributed by atoms with E-state index in [1.807, 2.05) is 6.07 Å². The number of hydrogen-bond acceptors (Lipinski definition) is 0. The van der Waals surface area contributed by atoms with Gasteiger partial charge in [0.1, 0.15) is 0 Å². The molecule has 2 aliphatic carbocycles. The first-order valence-electron chi connectivity index (χ1n) is 9.16. The summed E-state index contributed by atoms with van der Waals surface area (Å²) in [7, 11) is 0. The van der Waals surface area contributed by atoms with Crippen LogP contribution in [0.1, 0.15) is 29.9 Å². The van der Waals surface area contributed by atoms with Gasteiger partial charge in [-0.25, -0.2) is 0 Å². The quantitative estimate of drug-likeness (QED) is 0.674. The summed E-state index contributed by atoms with van der Waals surface area (Å²) in [6, 6.07) is 17.1. The molecule has 1 heterocycles. The van der Waals surface area contributed by atoms with Gasteiger partial charge in [0.15, 0.2) is 0 Å². The van der Waals surface area contributed by atoms with Crippen LogP contribution < -0.4 is 10.6 Å². The van der Waals surface area contributed by atoms with Crippen LogP contribution in [0.3, 0.4) is 0 Å². The van der Waals surface area contributed by atoms with Crippen molar-refractivity contribution in [2.24, 2.45) is 0 Å². The first kappa shape index (κ1) is 15.0. The number of aromatic amines is 1. The molecular weight excluding hydrogens is 314 g/mol. The van der Waals surface area contributed by atoms with Gasteiger partial charge >= 0.3 is 0 Å². The van der Waals surface area contributed by atoms with Crippen LogP contribution in [0.25, 0.3) is 28.6 Å². The van der Waals surface area contributed by atoms with E-state index in [9.17, 15) is 0 Å². The van der Waals surface area contributed by atoms with E-state index in [1.54, 1.807) is 0 Å². The molecule has 0 saturated heterocycles. The number of fused-ring (bicyclic) bond motifs is 3. The average molecular weight is 333 g/mol. The van der Waals surface area contributed by atoms with Crippen molar-refractivity contribution in [2.75, 3.05) is 0 Å². The van der Waals surface area contributed by atoms with Crippen molar-refractivity contribution in [1.29, 1.82) is 0 Å². The highest BCUT2D eigenvalue weighted by atomic mass is 14.7. The number of allylic oxidation sites excluding steroid dienone is 4. The number of benzene rings is 2. The Morgan fingerprint density at radius 3 is 2.77 bits per heavy atom. The van der Waals surface area contributed by atoms with Crippen LogP contribution >= 0.6 is 0 Å². The van der Waals surface area contributed by atoms with E-state index in [-0.39, 0.29) is 5.92 Å². The zero-order valence-corrected chi connectivity index (χ0v) is 14.5. The third-order valence-corrected chi connectivity index (χ3v) is 5.13. The summed E-state index contributed by atoms with van der Waals surface area (Å²) in [5.41, 5.74) is 4.67. The Hall–Kier alpha value is -3.24. The molecule has 0 amide bonds. The van der Waals surface area contributed by atoms with E-state index in [0.29, 0.717) is 0 Å². The summed E-state index contributed by atoms with van der Waals surface area (Å²) in [6.45, 7) is 0. The van der Waals surface area contributed by atoms with Crippen LogP contribution in [0.15, 0.2) is 66.8 Å². The molecule has 0 saturated carbocycles. The third-order valence-electron chi connectivity index (χ3n) is 5.13. The summed E-state index contributed by atoms with van der Waals surface area (Å²) < 4.78 is 0. The SMILES string of the molecule is C1#CC(c2ccccc2)C=CC=C1c1ccc2c3c([nH]c2c1)=CCCC=3. The third kappa shape index (κ3) is 2.61. The molecule has 26 heavy (non-hydrogen) atoms. The Labute approximate surface area is 153 Å². The lowest BCUT2D eigenvalue weighted by molar-refractivity contribution is 1.11. The minimum absolute atomic E-state index is 0.149. The second-order valence-corrected chi connectivity index (χ2v) is 6.82. The Morgan fingerprint density at radius 1 is 0.962 bits per heavy atom. The van der Waals surface area contributed by atoms with Gasteiger partial charge in [-0.15, -0.1) is 0 Å². The molecular formula is C25H19N. The van der Waals surface area contributed by atoms with Crippen molar-refractivity contribution in [3.05, 3.63) is 88.5 Å². The summed E-state index contributed by atoms with van der Waals surface area (Å²) in [4.78, 5) is 3.57. The highest BCUT2D eigenvalue weighted by Crippen LogP contribution is 2.23. The Balaban J connectivity index is 1.55. The van der Waals surface area contributed by atoms with Crippen LogP contribution in [0.4, 0.5) is 0 Å². The highest BCUT2D eigenvalue weighted by Gasteiger charge is 2.09. The largest absolute Gasteiger partial charge is 0.355 e. The van der Waals surface area contributed by atoms with Gasteiger partial charge in [0, 0.05) is 27.0 Å². The number of aromatic nitrogens is 1. The lowest BCUT2D eigenvalue weighted by Crippen LogP contribution is -2.24. The molecule has 1 heteroatoms. The lowest BCUT2D eigenvalue weighted by atomic mass is 9.99. The summed E-state index contributed by atoms with van der Waals surface area (Å²) >= 11 is 0. The molecule has 0 bridgehead atoms. The second kappa shape index (κ2) is 6.24. The van der Waals surface area contributed by atoms with E-state index in [2.05, 4.69) is 89.7 Å². The van der Waals surface area contributed by atoms with E-state index in [4.69, 9.17) is 0 Å². The first-order chi connectivity index (χ1) is 12.9. The fourth-order valence-electron chi connectivity index (χ4n) is 3.78. The molecule has 1 aromatic heterocycles. The molecule has 0 spiro atoms. The Morgan fingerprint density at radius 2 is 1.85 bits per heavy atom. The number of H-pyrrole nitrogens is 1. The molecule has 1 atom stereocenters. The van der Waals surface area contributed by atoms with Gasteiger partial charge in [-0.3, -0.25) is 0 Å². The molecule has 5 rings (SSSR count). The van der Waals surface area contributed by atoms with Crippen LogP contribution in [-0.4, -0.2) is 4.98 Å². The van der Waals surface area contributed by atoms with Gasteiger partial charge in [-0.05, 0) is 36.1 Å². The fourth-order valence-corrected chi connectivity index (χ4v) is 3.78. The number of rotatable bonds is 2. The zero-order chi connectivity index (χ0) is 17.3. The zero-order valence-electron chi connectivity index (χ0n) is 14.5. The van der Waals surface area contributed by atoms with Crippen molar-refractivity contribution >= 4 is 28.6 Å². The Kier molecular flexibility index (Phi) is 3.61. The monoisotopic (exact) mass is 333 g/mol. The smallest absolute Gasteiger partial charge is 0.0639 e. The minimum atomic E-state index is 0.149. The standard InChI is InChI=1S/C25H19N/c1-2-7-18(8-3-1)19-9-6-10-20(14-13-19)21-15-16-23-22-11-4-5-12-24(22)26-25(23)17-21/h1-3,6-12,15-17,19,26H,4-5H2. The van der Waals surface area contributed by atoms with Gasteiger partial charge in [0.2, 0.25) is 0 Å². The van der Waals surface area contributed by atoms with E-state index in [0.717, 1.165) is 18.4 Å². The molecule has 124 valence electrons. The van der Waals surface area contributed by atoms with Crippen molar-refractivity contribution in [1.82, 2.24) is 4.98 Å². The summed E-state index contributed by atoms with van der Waals surface area (Å²) in [6.07, 6.45) is 13.3. The summed E-state index contributed by atoms with van der Waals surface area (Å²) in [5.74, 6) is 6.96. The Bertz CT molecular complexity index is 1220. The van der Waals surface area contributed by atoms with Gasteiger partial charge in [0.25, 0.3) is 0 Å². The lowest BCUT2D eigenvalue weighted by Gasteiger charge is -2.04. The number of hydrogen-bond donors (Lipinski definition) is 1. The van der Waals surface area contributed by atoms with E-state index in [1.165, 1.54) is 32.6 Å². The topological polar surface area (TPSA) is 15.8 Å². The average Bonchev–Trinajstić information content (AvgIpc) is 2.89. The highest BCUT2D eigenvalue weighted by molar-refractivity contribution is 5.89. The minimum Gasteiger partial charge on any atom is -0.355 e. The molecule has 3 aromatic rings. The first-order valence-corrected chi connectivity index (χ1v) is 9.16. The van der Waals surface area contributed by atoms with Gasteiger partial charge in [-0.2, -0.15) is 0 Å². The van der Waals surface area contributed by atoms with E-state index < -0.39 is 0 Å². The van der Waals surface area contributed by atoms with Crippen molar-refractivity contribution in [3.8, 4) is 11.8 Å². The van der Waals surface area contributed by atoms with Crippen molar-refractivity contribution in [3.63, 3.8) is 0 Å². The van der Waals surface area contributed by atoms with Gasteiger partial charge < -0.3 is 4.98 Å². The van der Waals surface area contributed by atoms with Gasteiger partial charge in [0.05, 0.1) is 5.92 Å². The van der Waals surface area contributed by atoms with Crippen molar-refractivity contribution in [2.45, 2.75) is 18.8 Å². The predicted molar refractivity (Wildman–Crippen MR) is 110 cm³/mol. The molecule has 2 aromatic carbocycles. The second-order valence-electron chi connectivity index (χ2n) is 6.82. The maximum absolute atomic E-state index is 3.57. The fraction of sp³-hybridized carbons (Fsp3) is 0.120. The molecule has 0 fully saturated rings. The molecule has 1 N–H and O–H groups in total. The van der Waals surface area contributed by atoms with Crippen LogP contribution in [-0.2, 0) is 0 Å². The number of nitrogens with one attached hydrogen (secondary N) is 1. The van der Waals surface area contributed by atoms with Crippen LogP contribution in [0, 0.1) is 11.8 Å². The van der Waals surface area contributed by atoms with Crippen molar-refractivity contribution < 1.29 is 0 Å². The molecule has 2 aliphatic rings. The van der Waals surface area contributed by atoms with Crippen LogP contribution in [0.2, 0.25) is 0 Å². The van der Waals surface area contributed by atoms with Crippen LogP contribution in [0.5, 0.6) is 0 Å². The normalized spacial score (nSPS) is 18.0. The van der Waals surface area contributed by atoms with E-state index >= 15 is 0 Å². The molecule has 0 radical (unpaired) electrons. The summed E-state index contributed by atoms with van der Waals surface area (Å²) in [5, 5.41) is 3.91. The maximum Gasteiger partial charge on any atom is 0.0639 e. The molecule has 1 nitrogen and oxygen atoms in total. The maximum atomic E-state index is 3.57. The predicted octanol–water partition coefficient (Wildman–Crippen LogP) is 4.26.